The van der Waals surface area contributed by atoms with Gasteiger partial charge in [-0.2, -0.15) is 0 Å². The molecule has 1 aliphatic heterocycles. The van der Waals surface area contributed by atoms with Crippen molar-refractivity contribution in [3.05, 3.63) is 41.0 Å². The van der Waals surface area contributed by atoms with Crippen molar-refractivity contribution in [1.82, 2.24) is 0 Å². The second kappa shape index (κ2) is 6.16. The number of halogens is 2. The molecule has 1 aromatic rings. The molecule has 1 heterocycles. The molecular formula is C21H27F2O. The summed E-state index contributed by atoms with van der Waals surface area (Å²) in [7, 11) is 0. The van der Waals surface area contributed by atoms with Crippen LogP contribution in [0.3, 0.4) is 0 Å². The van der Waals surface area contributed by atoms with Gasteiger partial charge in [0.05, 0.1) is 0 Å². The van der Waals surface area contributed by atoms with E-state index in [9.17, 15) is 8.78 Å². The van der Waals surface area contributed by atoms with E-state index in [1.54, 1.807) is 6.07 Å². The molecule has 2 aliphatic rings. The number of rotatable bonds is 4. The lowest BCUT2D eigenvalue weighted by atomic mass is 9.67. The fourth-order valence-electron chi connectivity index (χ4n) is 4.11. The second-order valence-corrected chi connectivity index (χ2v) is 7.88. The third-order valence-electron chi connectivity index (χ3n) is 5.59. The van der Waals surface area contributed by atoms with E-state index in [-0.39, 0.29) is 17.6 Å². The summed E-state index contributed by atoms with van der Waals surface area (Å²) in [5.41, 5.74) is 2.03. The van der Waals surface area contributed by atoms with Gasteiger partial charge in [0.2, 0.25) is 0 Å². The van der Waals surface area contributed by atoms with Crippen molar-refractivity contribution in [1.29, 1.82) is 0 Å². The highest BCUT2D eigenvalue weighted by Gasteiger charge is 2.45. The van der Waals surface area contributed by atoms with Gasteiger partial charge in [-0.05, 0) is 64.2 Å². The van der Waals surface area contributed by atoms with Crippen LogP contribution in [0.5, 0.6) is 5.75 Å². The first-order valence-corrected chi connectivity index (χ1v) is 9.03. The Balaban J connectivity index is 1.97. The SMILES string of the molecule is CCCCC(F)(F)c1c[c]c2c(c1)OC(C)(C)[C@@H]1CC=C(C)C[C@@H]21. The zero-order valence-corrected chi connectivity index (χ0v) is 15.1. The molecule has 0 saturated carbocycles. The molecule has 0 saturated heterocycles. The maximum Gasteiger partial charge on any atom is 0.273 e. The van der Waals surface area contributed by atoms with Crippen molar-refractivity contribution >= 4 is 0 Å². The summed E-state index contributed by atoms with van der Waals surface area (Å²) in [5.74, 6) is -1.53. The van der Waals surface area contributed by atoms with Crippen LogP contribution in [0.2, 0.25) is 0 Å². The van der Waals surface area contributed by atoms with Crippen LogP contribution in [0.1, 0.15) is 76.8 Å². The second-order valence-electron chi connectivity index (χ2n) is 7.88. The molecule has 3 rings (SSSR count). The zero-order chi connectivity index (χ0) is 17.5. The molecule has 3 heteroatoms. The Kier molecular flexibility index (Phi) is 4.48. The summed E-state index contributed by atoms with van der Waals surface area (Å²) in [6, 6.07) is 6.21. The highest BCUT2D eigenvalue weighted by atomic mass is 19.3. The van der Waals surface area contributed by atoms with Crippen LogP contribution in [0, 0.1) is 12.0 Å². The number of alkyl halides is 2. The highest BCUT2D eigenvalue weighted by Crippen LogP contribution is 2.52. The quantitative estimate of drug-likeness (QED) is 0.581. The summed E-state index contributed by atoms with van der Waals surface area (Å²) < 4.78 is 35.0. The topological polar surface area (TPSA) is 9.23 Å². The van der Waals surface area contributed by atoms with E-state index in [0.717, 1.165) is 24.8 Å². The summed E-state index contributed by atoms with van der Waals surface area (Å²) in [4.78, 5) is 0. The molecule has 24 heavy (non-hydrogen) atoms. The van der Waals surface area contributed by atoms with Crippen LogP contribution >= 0.6 is 0 Å². The number of hydrogen-bond donors (Lipinski definition) is 0. The van der Waals surface area contributed by atoms with Gasteiger partial charge in [0.25, 0.3) is 5.92 Å². The van der Waals surface area contributed by atoms with Gasteiger partial charge in [-0.1, -0.05) is 25.0 Å². The van der Waals surface area contributed by atoms with E-state index in [1.807, 2.05) is 6.92 Å². The normalized spacial score (nSPS) is 25.3. The number of benzene rings is 1. The molecule has 0 aromatic heterocycles. The van der Waals surface area contributed by atoms with Crippen LogP contribution < -0.4 is 4.74 Å². The monoisotopic (exact) mass is 333 g/mol. The predicted octanol–water partition coefficient (Wildman–Crippen LogP) is 6.38. The zero-order valence-electron chi connectivity index (χ0n) is 15.1. The van der Waals surface area contributed by atoms with E-state index in [4.69, 9.17) is 4.74 Å². The smallest absolute Gasteiger partial charge is 0.273 e. The fraction of sp³-hybridized carbons (Fsp3) is 0.619. The first kappa shape index (κ1) is 17.4. The number of ether oxygens (including phenoxy) is 1. The molecule has 131 valence electrons. The van der Waals surface area contributed by atoms with Crippen LogP contribution in [0.25, 0.3) is 0 Å². The van der Waals surface area contributed by atoms with Crippen molar-refractivity contribution in [3.63, 3.8) is 0 Å². The number of fused-ring (bicyclic) bond motifs is 3. The average molecular weight is 333 g/mol. The molecule has 0 amide bonds. The Morgan fingerprint density at radius 3 is 2.83 bits per heavy atom. The first-order valence-electron chi connectivity index (χ1n) is 9.03. The molecule has 0 fully saturated rings. The van der Waals surface area contributed by atoms with Gasteiger partial charge in [0.1, 0.15) is 11.4 Å². The Bertz CT molecular complexity index is 645. The third-order valence-corrected chi connectivity index (χ3v) is 5.59. The maximum atomic E-state index is 14.4. The van der Waals surface area contributed by atoms with Crippen molar-refractivity contribution in [2.45, 2.75) is 77.2 Å². The molecule has 1 radical (unpaired) electrons. The Hall–Kier alpha value is -1.38. The molecule has 2 atom stereocenters. The highest BCUT2D eigenvalue weighted by molar-refractivity contribution is 5.44. The van der Waals surface area contributed by atoms with Gasteiger partial charge in [-0.15, -0.1) is 0 Å². The third kappa shape index (κ3) is 3.10. The Morgan fingerprint density at radius 1 is 1.38 bits per heavy atom. The number of unbranched alkanes of at least 4 members (excludes halogenated alkanes) is 1. The minimum atomic E-state index is -2.81. The van der Waals surface area contributed by atoms with Crippen molar-refractivity contribution in [2.75, 3.05) is 0 Å². The van der Waals surface area contributed by atoms with Gasteiger partial charge in [-0.3, -0.25) is 0 Å². The molecule has 1 aromatic carbocycles. The summed E-state index contributed by atoms with van der Waals surface area (Å²) in [6.45, 7) is 8.22. The fourth-order valence-corrected chi connectivity index (χ4v) is 4.11. The first-order chi connectivity index (χ1) is 11.2. The number of hydrogen-bond acceptors (Lipinski definition) is 1. The summed E-state index contributed by atoms with van der Waals surface area (Å²) in [6.07, 6.45) is 5.39. The molecule has 0 bridgehead atoms. The lowest BCUT2D eigenvalue weighted by Crippen LogP contribution is -2.45. The Morgan fingerprint density at radius 2 is 2.12 bits per heavy atom. The molecular weight excluding hydrogens is 306 g/mol. The van der Waals surface area contributed by atoms with Crippen LogP contribution in [0.4, 0.5) is 8.78 Å². The lowest BCUT2D eigenvalue weighted by molar-refractivity contribution is -0.0180. The standard InChI is InChI=1S/C21H27F2O/c1-5-6-11-21(22,23)15-8-9-16-17-12-14(2)7-10-18(17)20(3,4)24-19(16)13-15/h7-8,13,17-18H,5-6,10-12H2,1-4H3/t17-,18+/m0/s1. The molecule has 0 N–H and O–H groups in total. The van der Waals surface area contributed by atoms with Gasteiger partial charge in [-0.25, -0.2) is 8.78 Å². The van der Waals surface area contributed by atoms with Crippen molar-refractivity contribution in [3.8, 4) is 5.75 Å². The van der Waals surface area contributed by atoms with E-state index in [0.29, 0.717) is 24.0 Å². The molecule has 1 aliphatic carbocycles. The van der Waals surface area contributed by atoms with Crippen LogP contribution in [-0.4, -0.2) is 5.60 Å². The average Bonchev–Trinajstić information content (AvgIpc) is 2.51. The Labute approximate surface area is 144 Å². The molecule has 0 unspecified atom stereocenters. The predicted molar refractivity (Wildman–Crippen MR) is 92.6 cm³/mol. The molecule has 1 nitrogen and oxygen atoms in total. The van der Waals surface area contributed by atoms with E-state index >= 15 is 0 Å². The lowest BCUT2D eigenvalue weighted by Gasteiger charge is -2.47. The minimum Gasteiger partial charge on any atom is -0.487 e. The minimum absolute atomic E-state index is 0.0343. The summed E-state index contributed by atoms with van der Waals surface area (Å²) in [5, 5.41) is 0. The van der Waals surface area contributed by atoms with Crippen molar-refractivity contribution < 1.29 is 13.5 Å². The van der Waals surface area contributed by atoms with Crippen LogP contribution in [-0.2, 0) is 5.92 Å². The summed E-state index contributed by atoms with van der Waals surface area (Å²) >= 11 is 0. The van der Waals surface area contributed by atoms with E-state index < -0.39 is 5.92 Å². The van der Waals surface area contributed by atoms with Gasteiger partial charge >= 0.3 is 0 Å². The van der Waals surface area contributed by atoms with Crippen LogP contribution in [0.15, 0.2) is 23.8 Å². The number of allylic oxidation sites excluding steroid dienone is 2. The largest absolute Gasteiger partial charge is 0.487 e. The maximum absolute atomic E-state index is 14.4. The van der Waals surface area contributed by atoms with Gasteiger partial charge < -0.3 is 4.74 Å². The van der Waals surface area contributed by atoms with Crippen molar-refractivity contribution in [2.24, 2.45) is 5.92 Å². The molecule has 0 spiro atoms. The van der Waals surface area contributed by atoms with E-state index in [2.05, 4.69) is 32.9 Å². The van der Waals surface area contributed by atoms with Gasteiger partial charge in [0.15, 0.2) is 0 Å². The van der Waals surface area contributed by atoms with Gasteiger partial charge in [0, 0.05) is 23.5 Å². The van der Waals surface area contributed by atoms with E-state index in [1.165, 1.54) is 11.6 Å².